The summed E-state index contributed by atoms with van der Waals surface area (Å²) in [6, 6.07) is 21.7. The molecular formula is C30H34O8. The first kappa shape index (κ1) is 26.6. The van der Waals surface area contributed by atoms with E-state index in [-0.39, 0.29) is 43.3 Å². The molecule has 1 saturated heterocycles. The van der Waals surface area contributed by atoms with Crippen LogP contribution in [0.1, 0.15) is 22.6 Å². The van der Waals surface area contributed by atoms with Crippen LogP contribution >= 0.6 is 0 Å². The van der Waals surface area contributed by atoms with Crippen molar-refractivity contribution in [2.45, 2.75) is 36.9 Å². The van der Waals surface area contributed by atoms with E-state index in [1.54, 1.807) is 12.1 Å². The Labute approximate surface area is 221 Å². The number of aliphatic hydroxyl groups excluding tert-OH is 4. The summed E-state index contributed by atoms with van der Waals surface area (Å²) in [5.74, 6) is -0.246. The van der Waals surface area contributed by atoms with E-state index in [0.717, 1.165) is 27.8 Å². The van der Waals surface area contributed by atoms with Gasteiger partial charge in [0.2, 0.25) is 0 Å². The van der Waals surface area contributed by atoms with Gasteiger partial charge in [-0.3, -0.25) is 0 Å². The lowest BCUT2D eigenvalue weighted by atomic mass is 9.66. The maximum atomic E-state index is 10.4. The van der Waals surface area contributed by atoms with Gasteiger partial charge in [-0.15, -0.1) is 0 Å². The lowest BCUT2D eigenvalue weighted by Gasteiger charge is -2.41. The number of benzene rings is 3. The van der Waals surface area contributed by atoms with E-state index in [1.807, 2.05) is 24.3 Å². The van der Waals surface area contributed by atoms with Gasteiger partial charge in [-0.05, 0) is 58.2 Å². The van der Waals surface area contributed by atoms with Gasteiger partial charge in [0.05, 0.1) is 20.3 Å². The van der Waals surface area contributed by atoms with Crippen LogP contribution in [0.15, 0.2) is 66.7 Å². The Morgan fingerprint density at radius 2 is 1.71 bits per heavy atom. The maximum Gasteiger partial charge on any atom is 0.186 e. The molecule has 1 fully saturated rings. The number of methoxy groups -OCH3 is 1. The van der Waals surface area contributed by atoms with Crippen LogP contribution in [0.3, 0.4) is 0 Å². The number of aromatic hydroxyl groups is 1. The third-order valence-corrected chi connectivity index (χ3v) is 7.81. The van der Waals surface area contributed by atoms with Gasteiger partial charge in [0.15, 0.2) is 17.8 Å². The van der Waals surface area contributed by atoms with Crippen LogP contribution in [0.5, 0.6) is 11.5 Å². The van der Waals surface area contributed by atoms with Gasteiger partial charge in [0.25, 0.3) is 0 Å². The van der Waals surface area contributed by atoms with Crippen molar-refractivity contribution in [2.75, 3.05) is 26.9 Å². The molecule has 8 heteroatoms. The first-order valence-corrected chi connectivity index (χ1v) is 12.8. The number of phenols is 1. The molecule has 0 amide bonds. The van der Waals surface area contributed by atoms with Crippen LogP contribution in [0.4, 0.5) is 0 Å². The van der Waals surface area contributed by atoms with Crippen molar-refractivity contribution >= 4 is 0 Å². The fourth-order valence-corrected chi connectivity index (χ4v) is 5.70. The fourth-order valence-electron chi connectivity index (χ4n) is 5.70. The van der Waals surface area contributed by atoms with E-state index in [1.165, 1.54) is 7.11 Å². The van der Waals surface area contributed by atoms with Gasteiger partial charge in [0, 0.05) is 12.5 Å². The number of ether oxygens (including phenoxy) is 3. The van der Waals surface area contributed by atoms with E-state index in [9.17, 15) is 25.5 Å². The summed E-state index contributed by atoms with van der Waals surface area (Å²) in [5, 5.41) is 51.0. The predicted molar refractivity (Wildman–Crippen MR) is 140 cm³/mol. The lowest BCUT2D eigenvalue weighted by molar-refractivity contribution is -0.274. The number of rotatable bonds is 7. The largest absolute Gasteiger partial charge is 0.504 e. The highest BCUT2D eigenvalue weighted by Gasteiger charge is 2.42. The molecule has 3 aromatic rings. The third-order valence-electron chi connectivity index (χ3n) is 7.81. The van der Waals surface area contributed by atoms with Crippen LogP contribution in [0.25, 0.3) is 11.1 Å². The summed E-state index contributed by atoms with van der Waals surface area (Å²) in [6.45, 7) is -0.105. The summed E-state index contributed by atoms with van der Waals surface area (Å²) >= 11 is 0. The lowest BCUT2D eigenvalue weighted by Crippen LogP contribution is -2.54. The van der Waals surface area contributed by atoms with Crippen molar-refractivity contribution < 1.29 is 39.7 Å². The molecule has 5 rings (SSSR count). The zero-order valence-corrected chi connectivity index (χ0v) is 21.2. The predicted octanol–water partition coefficient (Wildman–Crippen LogP) is 2.44. The quantitative estimate of drug-likeness (QED) is 0.320. The number of fused-ring (bicyclic) bond motifs is 1. The number of phenolic OH excluding ortho intramolecular Hbond substituents is 1. The molecule has 7 atom stereocenters. The van der Waals surface area contributed by atoms with Crippen LogP contribution in [0.2, 0.25) is 0 Å². The monoisotopic (exact) mass is 522 g/mol. The van der Waals surface area contributed by atoms with Crippen molar-refractivity contribution in [1.29, 1.82) is 0 Å². The molecular weight excluding hydrogens is 488 g/mol. The van der Waals surface area contributed by atoms with Gasteiger partial charge >= 0.3 is 0 Å². The highest BCUT2D eigenvalue weighted by atomic mass is 16.7. The molecule has 0 radical (unpaired) electrons. The standard InChI is InChI=1S/C30H34O8/c1-36-26-13-20(9-10-24(26)32)27-22-12-18(17-5-3-2-4-6-17)7-8-19(22)11-21(14-31)23(27)15-37-30-29(35)28(34)25(33)16-38-30/h2-10,12-13,21,23,25,27-35H,11,14-16H2,1H3/t21-,23-,25-,27-,28+,29-,30-/m1/s1. The molecule has 0 bridgehead atoms. The number of hydrogen-bond acceptors (Lipinski definition) is 8. The van der Waals surface area contributed by atoms with Gasteiger partial charge < -0.3 is 39.7 Å². The maximum absolute atomic E-state index is 10.4. The summed E-state index contributed by atoms with van der Waals surface area (Å²) in [5.41, 5.74) is 5.23. The molecule has 38 heavy (non-hydrogen) atoms. The van der Waals surface area contributed by atoms with Crippen molar-refractivity contribution in [2.24, 2.45) is 11.8 Å². The second kappa shape index (κ2) is 11.4. The van der Waals surface area contributed by atoms with Gasteiger partial charge in [-0.1, -0.05) is 54.6 Å². The van der Waals surface area contributed by atoms with E-state index in [4.69, 9.17) is 14.2 Å². The summed E-state index contributed by atoms with van der Waals surface area (Å²) in [4.78, 5) is 0. The van der Waals surface area contributed by atoms with E-state index in [0.29, 0.717) is 12.2 Å². The second-order valence-electron chi connectivity index (χ2n) is 10.1. The molecule has 202 valence electrons. The van der Waals surface area contributed by atoms with Crippen molar-refractivity contribution in [3.63, 3.8) is 0 Å². The average molecular weight is 523 g/mol. The van der Waals surface area contributed by atoms with Crippen LogP contribution < -0.4 is 4.74 Å². The molecule has 0 aromatic heterocycles. The molecule has 0 unspecified atom stereocenters. The smallest absolute Gasteiger partial charge is 0.186 e. The minimum Gasteiger partial charge on any atom is -0.504 e. The van der Waals surface area contributed by atoms with Crippen molar-refractivity contribution in [3.05, 3.63) is 83.4 Å². The molecule has 0 spiro atoms. The molecule has 3 aromatic carbocycles. The Morgan fingerprint density at radius 3 is 2.45 bits per heavy atom. The fraction of sp³-hybridized carbons (Fsp3) is 0.400. The highest BCUT2D eigenvalue weighted by Crippen LogP contribution is 2.46. The highest BCUT2D eigenvalue weighted by molar-refractivity contribution is 5.66. The Kier molecular flexibility index (Phi) is 7.99. The van der Waals surface area contributed by atoms with E-state index < -0.39 is 24.6 Å². The van der Waals surface area contributed by atoms with Crippen LogP contribution in [-0.4, -0.2) is 77.1 Å². The molecule has 0 saturated carbocycles. The second-order valence-corrected chi connectivity index (χ2v) is 10.1. The Hall–Kier alpha value is -2.98. The van der Waals surface area contributed by atoms with Gasteiger partial charge in [-0.25, -0.2) is 0 Å². The van der Waals surface area contributed by atoms with Crippen LogP contribution in [0, 0.1) is 11.8 Å². The Morgan fingerprint density at radius 1 is 0.921 bits per heavy atom. The average Bonchev–Trinajstić information content (AvgIpc) is 2.95. The van der Waals surface area contributed by atoms with E-state index >= 15 is 0 Å². The minimum absolute atomic E-state index is 0.0306. The zero-order chi connectivity index (χ0) is 26.8. The number of hydrogen-bond donors (Lipinski definition) is 5. The normalized spacial score (nSPS) is 29.0. The molecule has 8 nitrogen and oxygen atoms in total. The SMILES string of the molecule is COc1cc([C@@H]2c3cc(-c4ccccc4)ccc3C[C@H](CO)[C@H]2CO[C@@H]2OC[C@@H](O)[C@H](O)[C@H]2O)ccc1O. The third kappa shape index (κ3) is 5.16. The molecule has 1 heterocycles. The molecule has 2 aliphatic rings. The molecule has 1 aliphatic heterocycles. The molecule has 5 N–H and O–H groups in total. The first-order valence-electron chi connectivity index (χ1n) is 12.8. The topological polar surface area (TPSA) is 129 Å². The number of aliphatic hydroxyl groups is 4. The van der Waals surface area contributed by atoms with Crippen LogP contribution in [-0.2, 0) is 15.9 Å². The Bertz CT molecular complexity index is 1230. The molecule has 1 aliphatic carbocycles. The summed E-state index contributed by atoms with van der Waals surface area (Å²) < 4.78 is 16.9. The van der Waals surface area contributed by atoms with Crippen molar-refractivity contribution in [3.8, 4) is 22.6 Å². The summed E-state index contributed by atoms with van der Waals surface area (Å²) in [7, 11) is 1.50. The van der Waals surface area contributed by atoms with E-state index in [2.05, 4.69) is 30.3 Å². The minimum atomic E-state index is -1.40. The first-order chi connectivity index (χ1) is 18.4. The van der Waals surface area contributed by atoms with Gasteiger partial charge in [-0.2, -0.15) is 0 Å². The van der Waals surface area contributed by atoms with Gasteiger partial charge in [0.1, 0.15) is 18.3 Å². The van der Waals surface area contributed by atoms with Crippen molar-refractivity contribution in [1.82, 2.24) is 0 Å². The zero-order valence-electron chi connectivity index (χ0n) is 21.2. The Balaban J connectivity index is 1.55. The summed E-state index contributed by atoms with van der Waals surface area (Å²) in [6.07, 6.45) is -4.44.